The van der Waals surface area contributed by atoms with Gasteiger partial charge in [-0.15, -0.1) is 0 Å². The summed E-state index contributed by atoms with van der Waals surface area (Å²) in [4.78, 5) is 3.78. The molecule has 0 amide bonds. The molecule has 1 aliphatic rings. The number of hydrogen-bond acceptors (Lipinski definition) is 5. The second kappa shape index (κ2) is 10.7. The second-order valence-corrected chi connectivity index (χ2v) is 2.40. The first kappa shape index (κ1) is 13.6. The molecule has 1 aromatic heterocycles. The molecule has 5 nitrogen and oxygen atoms in total. The summed E-state index contributed by atoms with van der Waals surface area (Å²) in [6.45, 7) is 0.889. The molecule has 82 valence electrons. The van der Waals surface area contributed by atoms with E-state index in [2.05, 4.69) is 4.98 Å². The van der Waals surface area contributed by atoms with Gasteiger partial charge in [0.1, 0.15) is 0 Å². The van der Waals surface area contributed by atoms with Crippen LogP contribution in [0.4, 0.5) is 0 Å². The number of pyridine rings is 1. The lowest BCUT2D eigenvalue weighted by molar-refractivity contribution is 0.278. The van der Waals surface area contributed by atoms with E-state index in [-0.39, 0.29) is 0 Å². The lowest BCUT2D eigenvalue weighted by atomic mass is 10.3. The van der Waals surface area contributed by atoms with E-state index in [1.807, 2.05) is 24.3 Å². The highest BCUT2D eigenvalue weighted by molar-refractivity contribution is 6.30. The highest BCUT2D eigenvalue weighted by Crippen LogP contribution is 1.93. The zero-order chi connectivity index (χ0) is 11.4. The van der Waals surface area contributed by atoms with E-state index in [1.165, 1.54) is 0 Å². The first-order valence-corrected chi connectivity index (χ1v) is 4.39. The summed E-state index contributed by atoms with van der Waals surface area (Å²) >= 11 is 0. The normalized spacial score (nSPS) is 11.4. The summed E-state index contributed by atoms with van der Waals surface area (Å²) in [5.41, 5.74) is 0. The Morgan fingerprint density at radius 2 is 1.67 bits per heavy atom. The standard InChI is InChI=1S/C5H5N.C4H6O.BH3O3/c1-2-4-6-5-3-1;1-2-4-5-3-1;2-1(3)4/h1-5H;1,3H,2,4H2;2-4H. The molecule has 0 unspecified atom stereocenters. The van der Waals surface area contributed by atoms with Crippen LogP contribution in [-0.2, 0) is 4.74 Å². The van der Waals surface area contributed by atoms with Gasteiger partial charge in [-0.2, -0.15) is 0 Å². The lowest BCUT2D eigenvalue weighted by Gasteiger charge is -1.79. The molecular formula is C9H14BNO4. The van der Waals surface area contributed by atoms with Gasteiger partial charge in [0, 0.05) is 18.8 Å². The van der Waals surface area contributed by atoms with Crippen LogP contribution in [0, 0.1) is 0 Å². The molecule has 3 N–H and O–H groups in total. The Hall–Kier alpha value is -1.37. The summed E-state index contributed by atoms with van der Waals surface area (Å²) < 4.78 is 4.76. The molecule has 0 bridgehead atoms. The maximum Gasteiger partial charge on any atom is 0.631 e. The number of aromatic nitrogens is 1. The average Bonchev–Trinajstić information content (AvgIpc) is 2.77. The van der Waals surface area contributed by atoms with Crippen molar-refractivity contribution in [2.75, 3.05) is 6.61 Å². The predicted molar refractivity (Wildman–Crippen MR) is 56.4 cm³/mol. The second-order valence-electron chi connectivity index (χ2n) is 2.40. The van der Waals surface area contributed by atoms with E-state index in [9.17, 15) is 0 Å². The van der Waals surface area contributed by atoms with Crippen LogP contribution < -0.4 is 0 Å². The van der Waals surface area contributed by atoms with Gasteiger partial charge in [0.25, 0.3) is 0 Å². The molecule has 6 heteroatoms. The number of rotatable bonds is 0. The Morgan fingerprint density at radius 3 is 1.80 bits per heavy atom. The van der Waals surface area contributed by atoms with Gasteiger partial charge in [-0.05, 0) is 18.2 Å². The van der Waals surface area contributed by atoms with Crippen molar-refractivity contribution in [1.82, 2.24) is 4.98 Å². The first-order chi connectivity index (χ1) is 7.23. The fourth-order valence-electron chi connectivity index (χ4n) is 0.653. The molecule has 0 radical (unpaired) electrons. The minimum atomic E-state index is -2.17. The van der Waals surface area contributed by atoms with Gasteiger partial charge in [0.2, 0.25) is 0 Å². The van der Waals surface area contributed by atoms with Gasteiger partial charge in [0.05, 0.1) is 12.9 Å². The number of hydrogen-bond donors (Lipinski definition) is 3. The molecule has 2 heterocycles. The van der Waals surface area contributed by atoms with Gasteiger partial charge in [-0.1, -0.05) is 6.07 Å². The van der Waals surface area contributed by atoms with Crippen LogP contribution >= 0.6 is 0 Å². The predicted octanol–water partition coefficient (Wildman–Crippen LogP) is -0.0498. The highest BCUT2D eigenvalue weighted by atomic mass is 16.5. The third-order valence-corrected chi connectivity index (χ3v) is 1.16. The van der Waals surface area contributed by atoms with Crippen LogP contribution in [0.3, 0.4) is 0 Å². The van der Waals surface area contributed by atoms with Crippen LogP contribution in [-0.4, -0.2) is 34.0 Å². The summed E-state index contributed by atoms with van der Waals surface area (Å²) in [6, 6.07) is 5.72. The van der Waals surface area contributed by atoms with Crippen LogP contribution in [0.2, 0.25) is 0 Å². The average molecular weight is 211 g/mol. The van der Waals surface area contributed by atoms with Crippen molar-refractivity contribution in [3.63, 3.8) is 0 Å². The van der Waals surface area contributed by atoms with Crippen molar-refractivity contribution in [2.24, 2.45) is 0 Å². The third-order valence-electron chi connectivity index (χ3n) is 1.16. The van der Waals surface area contributed by atoms with Crippen molar-refractivity contribution < 1.29 is 19.8 Å². The number of nitrogens with zero attached hydrogens (tertiary/aromatic N) is 1. The maximum atomic E-state index is 7.17. The van der Waals surface area contributed by atoms with Crippen LogP contribution in [0.15, 0.2) is 42.9 Å². The van der Waals surface area contributed by atoms with Gasteiger partial charge in [-0.3, -0.25) is 4.98 Å². The molecule has 0 saturated carbocycles. The van der Waals surface area contributed by atoms with E-state index in [4.69, 9.17) is 19.8 Å². The quantitative estimate of drug-likeness (QED) is 0.524. The molecule has 0 aromatic carbocycles. The molecule has 0 fully saturated rings. The van der Waals surface area contributed by atoms with Crippen molar-refractivity contribution in [1.29, 1.82) is 0 Å². The molecular weight excluding hydrogens is 197 g/mol. The SMILES string of the molecule is C1=COCC1.OB(O)O.c1ccncc1. The van der Waals surface area contributed by atoms with E-state index >= 15 is 0 Å². The molecule has 1 aliphatic heterocycles. The van der Waals surface area contributed by atoms with Crippen LogP contribution in [0.5, 0.6) is 0 Å². The monoisotopic (exact) mass is 211 g/mol. The molecule has 1 aromatic rings. The summed E-state index contributed by atoms with van der Waals surface area (Å²) in [7, 11) is -2.17. The minimum Gasteiger partial charge on any atom is -0.501 e. The maximum absolute atomic E-state index is 7.17. The number of ether oxygens (including phenoxy) is 1. The molecule has 0 spiro atoms. The molecule has 15 heavy (non-hydrogen) atoms. The smallest absolute Gasteiger partial charge is 0.501 e. The van der Waals surface area contributed by atoms with Gasteiger partial charge in [-0.25, -0.2) is 0 Å². The minimum absolute atomic E-state index is 0.889. The van der Waals surface area contributed by atoms with Gasteiger partial charge in [0.15, 0.2) is 0 Å². The van der Waals surface area contributed by atoms with Crippen LogP contribution in [0.25, 0.3) is 0 Å². The largest absolute Gasteiger partial charge is 0.631 e. The van der Waals surface area contributed by atoms with Crippen LogP contribution in [0.1, 0.15) is 6.42 Å². The highest BCUT2D eigenvalue weighted by Gasteiger charge is 1.92. The molecule has 0 atom stereocenters. The van der Waals surface area contributed by atoms with E-state index in [1.54, 1.807) is 18.7 Å². The van der Waals surface area contributed by atoms with E-state index in [0.29, 0.717) is 0 Å². The lowest BCUT2D eigenvalue weighted by Crippen LogP contribution is -2.07. The van der Waals surface area contributed by atoms with E-state index < -0.39 is 7.32 Å². The fourth-order valence-corrected chi connectivity index (χ4v) is 0.653. The van der Waals surface area contributed by atoms with Crippen molar-refractivity contribution in [3.8, 4) is 0 Å². The molecule has 0 saturated heterocycles. The Balaban J connectivity index is 0.000000202. The third kappa shape index (κ3) is 15.4. The first-order valence-electron chi connectivity index (χ1n) is 4.39. The van der Waals surface area contributed by atoms with E-state index in [0.717, 1.165) is 13.0 Å². The Labute approximate surface area is 88.9 Å². The van der Waals surface area contributed by atoms with Crippen molar-refractivity contribution in [2.45, 2.75) is 6.42 Å². The van der Waals surface area contributed by atoms with Gasteiger partial charge < -0.3 is 19.8 Å². The Bertz CT molecular complexity index is 208. The summed E-state index contributed by atoms with van der Waals surface area (Å²) in [5.74, 6) is 0. The zero-order valence-corrected chi connectivity index (χ0v) is 8.23. The van der Waals surface area contributed by atoms with Crippen molar-refractivity contribution in [3.05, 3.63) is 42.9 Å². The molecule has 2 rings (SSSR count). The van der Waals surface area contributed by atoms with Gasteiger partial charge >= 0.3 is 7.32 Å². The topological polar surface area (TPSA) is 82.8 Å². The van der Waals surface area contributed by atoms with Crippen molar-refractivity contribution >= 4 is 7.32 Å². The Morgan fingerprint density at radius 1 is 1.07 bits per heavy atom. The summed E-state index contributed by atoms with van der Waals surface area (Å²) in [6.07, 6.45) is 8.35. The summed E-state index contributed by atoms with van der Waals surface area (Å²) in [5, 5.41) is 21.5. The molecule has 0 aliphatic carbocycles. The Kier molecular flexibility index (Phi) is 9.74. The fraction of sp³-hybridized carbons (Fsp3) is 0.222. The zero-order valence-electron chi connectivity index (χ0n) is 8.23.